The lowest BCUT2D eigenvalue weighted by Gasteiger charge is -2.16. The van der Waals surface area contributed by atoms with Crippen molar-refractivity contribution in [3.05, 3.63) is 27.3 Å². The zero-order chi connectivity index (χ0) is 14.9. The Hall–Kier alpha value is -1.11. The molecule has 1 aliphatic rings. The second-order valence-electron chi connectivity index (χ2n) is 5.58. The van der Waals surface area contributed by atoms with E-state index in [1.54, 1.807) is 0 Å². The molecule has 1 fully saturated rings. The zero-order valence-corrected chi connectivity index (χ0v) is 13.7. The van der Waals surface area contributed by atoms with Crippen LogP contribution in [0, 0.1) is 28.2 Å². The number of halogens is 1. The summed E-state index contributed by atoms with van der Waals surface area (Å²) in [4.78, 5) is 23.6. The van der Waals surface area contributed by atoms with Crippen molar-refractivity contribution in [2.75, 3.05) is 5.32 Å². The second kappa shape index (κ2) is 6.11. The number of rotatable bonds is 3. The van der Waals surface area contributed by atoms with Gasteiger partial charge in [0.15, 0.2) is 0 Å². The summed E-state index contributed by atoms with van der Waals surface area (Å²) in [5, 5.41) is 12.1. The molecule has 0 spiro atoms. The highest BCUT2D eigenvalue weighted by atomic mass is 127. The van der Waals surface area contributed by atoms with Gasteiger partial charge in [-0.05, 0) is 72.0 Å². The normalized spacial score (nSPS) is 25.4. The van der Waals surface area contributed by atoms with E-state index in [9.17, 15) is 14.7 Å². The van der Waals surface area contributed by atoms with Crippen molar-refractivity contribution >= 4 is 40.2 Å². The van der Waals surface area contributed by atoms with E-state index in [0.29, 0.717) is 12.8 Å². The molecule has 1 saturated carbocycles. The molecule has 1 aliphatic carbocycles. The lowest BCUT2D eigenvalue weighted by Crippen LogP contribution is -2.30. The Labute approximate surface area is 132 Å². The number of nitrogens with one attached hydrogen (secondary N) is 1. The third-order valence-electron chi connectivity index (χ3n) is 3.90. The number of benzene rings is 1. The predicted octanol–water partition coefficient (Wildman–Crippen LogP) is 3.29. The van der Waals surface area contributed by atoms with Crippen molar-refractivity contribution in [1.82, 2.24) is 0 Å². The predicted molar refractivity (Wildman–Crippen MR) is 85.5 cm³/mol. The SMILES string of the molecule is Cc1cc(I)ccc1NC(=O)[C@H]1CC(C)C[C@H]1C(=O)O. The summed E-state index contributed by atoms with van der Waals surface area (Å²) >= 11 is 2.22. The van der Waals surface area contributed by atoms with Gasteiger partial charge in [-0.3, -0.25) is 9.59 Å². The first-order valence-electron chi connectivity index (χ1n) is 6.68. The maximum Gasteiger partial charge on any atom is 0.307 e. The van der Waals surface area contributed by atoms with Gasteiger partial charge in [-0.1, -0.05) is 6.92 Å². The topological polar surface area (TPSA) is 66.4 Å². The average molecular weight is 387 g/mol. The van der Waals surface area contributed by atoms with Gasteiger partial charge in [-0.2, -0.15) is 0 Å². The van der Waals surface area contributed by atoms with E-state index in [4.69, 9.17) is 0 Å². The van der Waals surface area contributed by atoms with E-state index in [0.717, 1.165) is 14.8 Å². The highest BCUT2D eigenvalue weighted by Gasteiger charge is 2.41. The van der Waals surface area contributed by atoms with Gasteiger partial charge in [0.2, 0.25) is 5.91 Å². The zero-order valence-electron chi connectivity index (χ0n) is 11.5. The van der Waals surface area contributed by atoms with E-state index in [1.807, 2.05) is 32.0 Å². The first-order chi connectivity index (χ1) is 9.38. The number of carbonyl (C=O) groups excluding carboxylic acids is 1. The van der Waals surface area contributed by atoms with Gasteiger partial charge < -0.3 is 10.4 Å². The summed E-state index contributed by atoms with van der Waals surface area (Å²) in [6, 6.07) is 5.78. The molecule has 0 bridgehead atoms. The number of carboxylic acids is 1. The minimum absolute atomic E-state index is 0.175. The number of carbonyl (C=O) groups is 2. The number of carboxylic acid groups (broad SMARTS) is 1. The molecule has 1 aromatic carbocycles. The molecule has 108 valence electrons. The van der Waals surface area contributed by atoms with E-state index >= 15 is 0 Å². The fraction of sp³-hybridized carbons (Fsp3) is 0.467. The standard InChI is InChI=1S/C15H18INO3/c1-8-5-11(12(6-8)15(19)20)14(18)17-13-4-3-10(16)7-9(13)2/h3-4,7-8,11-12H,5-6H2,1-2H3,(H,17,18)(H,19,20)/t8?,11-,12+/m0/s1. The summed E-state index contributed by atoms with van der Waals surface area (Å²) in [5.41, 5.74) is 1.75. The maximum absolute atomic E-state index is 12.3. The molecule has 1 unspecified atom stereocenters. The van der Waals surface area contributed by atoms with Gasteiger partial charge in [-0.15, -0.1) is 0 Å². The van der Waals surface area contributed by atoms with Crippen LogP contribution >= 0.6 is 22.6 Å². The monoisotopic (exact) mass is 387 g/mol. The Morgan fingerprint density at radius 3 is 2.55 bits per heavy atom. The first-order valence-corrected chi connectivity index (χ1v) is 7.76. The average Bonchev–Trinajstić information content (AvgIpc) is 2.75. The van der Waals surface area contributed by atoms with E-state index in [-0.39, 0.29) is 11.8 Å². The first kappa shape index (κ1) is 15.3. The lowest BCUT2D eigenvalue weighted by molar-refractivity contribution is -0.145. The van der Waals surface area contributed by atoms with Crippen LogP contribution in [0.25, 0.3) is 0 Å². The number of hydrogen-bond donors (Lipinski definition) is 2. The smallest absolute Gasteiger partial charge is 0.307 e. The van der Waals surface area contributed by atoms with Crippen LogP contribution in [0.4, 0.5) is 5.69 Å². The van der Waals surface area contributed by atoms with Crippen LogP contribution in [0.3, 0.4) is 0 Å². The van der Waals surface area contributed by atoms with Crippen LogP contribution < -0.4 is 5.32 Å². The molecule has 3 atom stereocenters. The molecule has 2 N–H and O–H groups in total. The Morgan fingerprint density at radius 2 is 1.95 bits per heavy atom. The van der Waals surface area contributed by atoms with Crippen LogP contribution in [0.5, 0.6) is 0 Å². The van der Waals surface area contributed by atoms with Gasteiger partial charge in [0.25, 0.3) is 0 Å². The van der Waals surface area contributed by atoms with Crippen molar-refractivity contribution in [2.45, 2.75) is 26.7 Å². The van der Waals surface area contributed by atoms with Crippen molar-refractivity contribution in [1.29, 1.82) is 0 Å². The van der Waals surface area contributed by atoms with Crippen molar-refractivity contribution < 1.29 is 14.7 Å². The second-order valence-corrected chi connectivity index (χ2v) is 6.82. The summed E-state index contributed by atoms with van der Waals surface area (Å²) in [5.74, 6) is -1.75. The van der Waals surface area contributed by atoms with Crippen molar-refractivity contribution in [3.63, 3.8) is 0 Å². The van der Waals surface area contributed by atoms with E-state index in [2.05, 4.69) is 27.9 Å². The molecule has 0 aromatic heterocycles. The number of anilines is 1. The molecule has 0 heterocycles. The van der Waals surface area contributed by atoms with Gasteiger partial charge in [0.1, 0.15) is 0 Å². The van der Waals surface area contributed by atoms with Crippen molar-refractivity contribution in [2.24, 2.45) is 17.8 Å². The summed E-state index contributed by atoms with van der Waals surface area (Å²) in [7, 11) is 0. The minimum Gasteiger partial charge on any atom is -0.481 e. The molecule has 20 heavy (non-hydrogen) atoms. The number of aliphatic carboxylic acids is 1. The highest BCUT2D eigenvalue weighted by molar-refractivity contribution is 14.1. The summed E-state index contributed by atoms with van der Waals surface area (Å²) in [6.45, 7) is 3.93. The molecule has 0 radical (unpaired) electrons. The Balaban J connectivity index is 2.13. The van der Waals surface area contributed by atoms with Crippen molar-refractivity contribution in [3.8, 4) is 0 Å². The lowest BCUT2D eigenvalue weighted by atomic mass is 9.95. The molecule has 0 aliphatic heterocycles. The van der Waals surface area contributed by atoms with Gasteiger partial charge in [0, 0.05) is 9.26 Å². The minimum atomic E-state index is -0.867. The summed E-state index contributed by atoms with van der Waals surface area (Å²) < 4.78 is 1.11. The molecule has 4 nitrogen and oxygen atoms in total. The molecule has 1 aromatic rings. The largest absolute Gasteiger partial charge is 0.481 e. The quantitative estimate of drug-likeness (QED) is 0.783. The molecule has 0 saturated heterocycles. The van der Waals surface area contributed by atoms with Gasteiger partial charge in [-0.25, -0.2) is 0 Å². The Kier molecular flexibility index (Phi) is 4.67. The maximum atomic E-state index is 12.3. The van der Waals surface area contributed by atoms with Gasteiger partial charge >= 0.3 is 5.97 Å². The van der Waals surface area contributed by atoms with E-state index < -0.39 is 17.8 Å². The molecule has 2 rings (SSSR count). The van der Waals surface area contributed by atoms with Crippen LogP contribution in [-0.2, 0) is 9.59 Å². The van der Waals surface area contributed by atoms with Crippen LogP contribution in [0.1, 0.15) is 25.3 Å². The van der Waals surface area contributed by atoms with E-state index in [1.165, 1.54) is 0 Å². The van der Waals surface area contributed by atoms with Crippen LogP contribution in [0.15, 0.2) is 18.2 Å². The number of aryl methyl sites for hydroxylation is 1. The third-order valence-corrected chi connectivity index (χ3v) is 4.57. The number of amides is 1. The van der Waals surface area contributed by atoms with Crippen LogP contribution in [0.2, 0.25) is 0 Å². The molecular formula is C15H18INO3. The molecule has 1 amide bonds. The third kappa shape index (κ3) is 3.31. The number of hydrogen-bond acceptors (Lipinski definition) is 2. The fourth-order valence-corrected chi connectivity index (χ4v) is 3.49. The fourth-order valence-electron chi connectivity index (χ4n) is 2.85. The summed E-state index contributed by atoms with van der Waals surface area (Å²) in [6.07, 6.45) is 1.23. The Bertz CT molecular complexity index is 544. The molecule has 5 heteroatoms. The molecular weight excluding hydrogens is 369 g/mol. The van der Waals surface area contributed by atoms with Crippen LogP contribution in [-0.4, -0.2) is 17.0 Å². The van der Waals surface area contributed by atoms with Gasteiger partial charge in [0.05, 0.1) is 11.8 Å². The highest BCUT2D eigenvalue weighted by Crippen LogP contribution is 2.37. The Morgan fingerprint density at radius 1 is 1.30 bits per heavy atom.